The lowest BCUT2D eigenvalue weighted by molar-refractivity contribution is 0.0970. The number of rotatable bonds is 4. The third-order valence-electron chi connectivity index (χ3n) is 5.18. The van der Waals surface area contributed by atoms with Crippen molar-refractivity contribution in [2.24, 2.45) is 0 Å². The van der Waals surface area contributed by atoms with Gasteiger partial charge in [-0.05, 0) is 43.7 Å². The standard InChI is InChI=1S/C22H17N3O5S/c1-3-29-16-9-12(5-6-14(16)26)18-17-19(27)13-8-11(2)4-7-15(13)30-20(17)21(28)25(18)22-24-23-10-31-22/h4-10,18,26H,3H2,1-2H3. The number of anilines is 1. The van der Waals surface area contributed by atoms with Gasteiger partial charge in [-0.2, -0.15) is 0 Å². The molecule has 2 aromatic carbocycles. The van der Waals surface area contributed by atoms with Crippen molar-refractivity contribution in [3.8, 4) is 11.5 Å². The smallest absolute Gasteiger partial charge is 0.297 e. The molecule has 156 valence electrons. The maximum atomic E-state index is 13.5. The molecule has 1 atom stereocenters. The Morgan fingerprint density at radius 3 is 2.81 bits per heavy atom. The molecule has 0 saturated heterocycles. The van der Waals surface area contributed by atoms with Crippen molar-refractivity contribution in [1.29, 1.82) is 0 Å². The van der Waals surface area contributed by atoms with E-state index in [-0.39, 0.29) is 28.3 Å². The minimum atomic E-state index is -0.795. The third kappa shape index (κ3) is 2.97. The van der Waals surface area contributed by atoms with Gasteiger partial charge in [-0.3, -0.25) is 14.5 Å². The molecule has 0 aliphatic carbocycles. The second-order valence-electron chi connectivity index (χ2n) is 7.13. The van der Waals surface area contributed by atoms with Crippen LogP contribution in [0.25, 0.3) is 11.0 Å². The van der Waals surface area contributed by atoms with Crippen LogP contribution in [0.5, 0.6) is 11.5 Å². The number of carbonyl (C=O) groups is 1. The molecule has 3 heterocycles. The largest absolute Gasteiger partial charge is 0.504 e. The molecule has 31 heavy (non-hydrogen) atoms. The third-order valence-corrected chi connectivity index (χ3v) is 5.87. The molecule has 1 amide bonds. The number of amides is 1. The number of hydrogen-bond acceptors (Lipinski definition) is 8. The molecule has 0 radical (unpaired) electrons. The van der Waals surface area contributed by atoms with Gasteiger partial charge in [0.2, 0.25) is 10.9 Å². The molecule has 1 aliphatic rings. The van der Waals surface area contributed by atoms with E-state index in [0.29, 0.717) is 28.3 Å². The van der Waals surface area contributed by atoms with Gasteiger partial charge >= 0.3 is 0 Å². The second kappa shape index (κ2) is 7.21. The molecule has 8 nitrogen and oxygen atoms in total. The summed E-state index contributed by atoms with van der Waals surface area (Å²) < 4.78 is 11.4. The maximum Gasteiger partial charge on any atom is 0.297 e. The summed E-state index contributed by atoms with van der Waals surface area (Å²) >= 11 is 1.18. The normalized spacial score (nSPS) is 15.5. The molecule has 1 N–H and O–H groups in total. The van der Waals surface area contributed by atoms with Crippen molar-refractivity contribution in [3.05, 3.63) is 74.6 Å². The summed E-state index contributed by atoms with van der Waals surface area (Å²) in [5.74, 6) is -0.257. The highest BCUT2D eigenvalue weighted by atomic mass is 32.1. The predicted octanol–water partition coefficient (Wildman–Crippen LogP) is 3.81. The number of ether oxygens (including phenoxy) is 1. The Bertz CT molecular complexity index is 1380. The number of carbonyl (C=O) groups excluding carboxylic acids is 1. The Hall–Kier alpha value is -3.72. The van der Waals surface area contributed by atoms with Gasteiger partial charge in [-0.15, -0.1) is 10.2 Å². The van der Waals surface area contributed by atoms with E-state index >= 15 is 0 Å². The zero-order valence-corrected chi connectivity index (χ0v) is 17.5. The van der Waals surface area contributed by atoms with E-state index in [2.05, 4.69) is 10.2 Å². The SMILES string of the molecule is CCOc1cc(C2c3c(oc4ccc(C)cc4c3=O)C(=O)N2c2nncs2)ccc1O. The fourth-order valence-corrected chi connectivity index (χ4v) is 4.43. The lowest BCUT2D eigenvalue weighted by Gasteiger charge is -2.22. The van der Waals surface area contributed by atoms with Crippen LogP contribution in [0, 0.1) is 6.92 Å². The van der Waals surface area contributed by atoms with Gasteiger partial charge in [0.15, 0.2) is 16.9 Å². The molecule has 0 fully saturated rings. The molecule has 2 aromatic heterocycles. The first-order valence-corrected chi connectivity index (χ1v) is 10.5. The Kier molecular flexibility index (Phi) is 4.48. The molecule has 0 saturated carbocycles. The Balaban J connectivity index is 1.80. The van der Waals surface area contributed by atoms with Crippen molar-refractivity contribution in [3.63, 3.8) is 0 Å². The average molecular weight is 435 g/mol. The van der Waals surface area contributed by atoms with Gasteiger partial charge < -0.3 is 14.3 Å². The van der Waals surface area contributed by atoms with Crippen molar-refractivity contribution in [1.82, 2.24) is 10.2 Å². The Morgan fingerprint density at radius 2 is 2.06 bits per heavy atom. The van der Waals surface area contributed by atoms with Crippen LogP contribution in [-0.2, 0) is 0 Å². The average Bonchev–Trinajstić information content (AvgIpc) is 3.37. The van der Waals surface area contributed by atoms with E-state index in [1.54, 1.807) is 31.2 Å². The summed E-state index contributed by atoms with van der Waals surface area (Å²) in [5, 5.41) is 18.8. The summed E-state index contributed by atoms with van der Waals surface area (Å²) in [7, 11) is 0. The van der Waals surface area contributed by atoms with Gasteiger partial charge in [0.1, 0.15) is 11.1 Å². The topological polar surface area (TPSA) is 106 Å². The molecular weight excluding hydrogens is 418 g/mol. The highest BCUT2D eigenvalue weighted by molar-refractivity contribution is 7.13. The summed E-state index contributed by atoms with van der Waals surface area (Å²) in [6.45, 7) is 4.04. The summed E-state index contributed by atoms with van der Waals surface area (Å²) in [5.41, 5.74) is 3.30. The van der Waals surface area contributed by atoms with Crippen LogP contribution >= 0.6 is 11.3 Å². The lowest BCUT2D eigenvalue weighted by Crippen LogP contribution is -2.29. The van der Waals surface area contributed by atoms with Crippen LogP contribution in [-0.4, -0.2) is 27.8 Å². The Labute approximate surface area is 180 Å². The fraction of sp³-hybridized carbons (Fsp3) is 0.182. The molecule has 1 unspecified atom stereocenters. The first-order chi connectivity index (χ1) is 15.0. The lowest BCUT2D eigenvalue weighted by atomic mass is 9.98. The van der Waals surface area contributed by atoms with Crippen LogP contribution in [0.1, 0.15) is 40.2 Å². The molecule has 1 aliphatic heterocycles. The quantitative estimate of drug-likeness (QED) is 0.520. The minimum absolute atomic E-state index is 0.0208. The van der Waals surface area contributed by atoms with Crippen LogP contribution in [0.2, 0.25) is 0 Å². The predicted molar refractivity (Wildman–Crippen MR) is 115 cm³/mol. The highest BCUT2D eigenvalue weighted by Crippen LogP contribution is 2.43. The highest BCUT2D eigenvalue weighted by Gasteiger charge is 2.45. The van der Waals surface area contributed by atoms with Crippen molar-refractivity contribution >= 4 is 33.3 Å². The van der Waals surface area contributed by atoms with Crippen LogP contribution < -0.4 is 15.1 Å². The van der Waals surface area contributed by atoms with Gasteiger partial charge in [0, 0.05) is 0 Å². The van der Waals surface area contributed by atoms with E-state index in [9.17, 15) is 14.7 Å². The van der Waals surface area contributed by atoms with Gasteiger partial charge in [-0.25, -0.2) is 0 Å². The molecule has 4 aromatic rings. The van der Waals surface area contributed by atoms with Gasteiger partial charge in [0.05, 0.1) is 23.6 Å². The first kappa shape index (κ1) is 19.3. The van der Waals surface area contributed by atoms with Crippen LogP contribution in [0.3, 0.4) is 0 Å². The molecule has 9 heteroatoms. The maximum absolute atomic E-state index is 13.5. The number of aryl methyl sites for hydroxylation is 1. The van der Waals surface area contributed by atoms with Crippen molar-refractivity contribution < 1.29 is 19.1 Å². The van der Waals surface area contributed by atoms with E-state index in [4.69, 9.17) is 9.15 Å². The number of phenols is 1. The van der Waals surface area contributed by atoms with Crippen molar-refractivity contribution in [2.75, 3.05) is 11.5 Å². The van der Waals surface area contributed by atoms with Gasteiger partial charge in [-0.1, -0.05) is 29.0 Å². The van der Waals surface area contributed by atoms with E-state index in [1.807, 2.05) is 13.0 Å². The number of aromatic nitrogens is 2. The van der Waals surface area contributed by atoms with Gasteiger partial charge in [0.25, 0.3) is 5.91 Å². The van der Waals surface area contributed by atoms with E-state index in [1.165, 1.54) is 27.8 Å². The fourth-order valence-electron chi connectivity index (χ4n) is 3.84. The number of hydrogen-bond donors (Lipinski definition) is 1. The minimum Gasteiger partial charge on any atom is -0.504 e. The van der Waals surface area contributed by atoms with Crippen molar-refractivity contribution in [2.45, 2.75) is 19.9 Å². The first-order valence-electron chi connectivity index (χ1n) is 9.62. The van der Waals surface area contributed by atoms with Crippen LogP contribution in [0.15, 0.2) is 51.1 Å². The summed E-state index contributed by atoms with van der Waals surface area (Å²) in [6.07, 6.45) is 0. The molecule has 0 spiro atoms. The summed E-state index contributed by atoms with van der Waals surface area (Å²) in [6, 6.07) is 9.23. The number of phenolic OH excluding ortho intramolecular Hbond substituents is 1. The molecule has 0 bridgehead atoms. The zero-order chi connectivity index (χ0) is 21.7. The number of aromatic hydroxyl groups is 1. The number of fused-ring (bicyclic) bond motifs is 2. The van der Waals surface area contributed by atoms with Crippen LogP contribution in [0.4, 0.5) is 5.13 Å². The zero-order valence-electron chi connectivity index (χ0n) is 16.7. The summed E-state index contributed by atoms with van der Waals surface area (Å²) in [4.78, 5) is 28.3. The molecule has 5 rings (SSSR count). The van der Waals surface area contributed by atoms with E-state index < -0.39 is 11.9 Å². The Morgan fingerprint density at radius 1 is 1.23 bits per heavy atom. The van der Waals surface area contributed by atoms with E-state index in [0.717, 1.165) is 5.56 Å². The number of nitrogens with zero attached hydrogens (tertiary/aromatic N) is 3. The monoisotopic (exact) mass is 435 g/mol. The second-order valence-corrected chi connectivity index (χ2v) is 7.94. The number of benzene rings is 2. The molecular formula is C22H17N3O5S.